The van der Waals surface area contributed by atoms with Gasteiger partial charge < -0.3 is 9.09 Å². The van der Waals surface area contributed by atoms with Crippen LogP contribution in [0.1, 0.15) is 35.8 Å². The third-order valence-corrected chi connectivity index (χ3v) is 4.26. The molecular formula is C14H14BrClN4O. The van der Waals surface area contributed by atoms with Crippen molar-refractivity contribution in [1.82, 2.24) is 19.7 Å². The van der Waals surface area contributed by atoms with E-state index in [1.165, 1.54) is 0 Å². The normalized spacial score (nSPS) is 13.0. The maximum Gasteiger partial charge on any atom is 0.160 e. The van der Waals surface area contributed by atoms with Crippen LogP contribution in [-0.4, -0.2) is 19.7 Å². The zero-order chi connectivity index (χ0) is 15.1. The molecule has 0 saturated heterocycles. The molecule has 0 bridgehead atoms. The molecule has 3 heterocycles. The summed E-state index contributed by atoms with van der Waals surface area (Å²) in [5.74, 6) is 1.91. The molecule has 110 valence electrons. The van der Waals surface area contributed by atoms with Gasteiger partial charge in [0.05, 0.1) is 17.6 Å². The number of aryl methyl sites for hydroxylation is 2. The van der Waals surface area contributed by atoms with E-state index in [0.29, 0.717) is 5.88 Å². The largest absolute Gasteiger partial charge is 0.361 e. The van der Waals surface area contributed by atoms with Gasteiger partial charge in [0.2, 0.25) is 0 Å². The van der Waals surface area contributed by atoms with Crippen LogP contribution in [0, 0.1) is 13.8 Å². The molecule has 0 amide bonds. The molecule has 0 N–H and O–H groups in total. The minimum Gasteiger partial charge on any atom is -0.361 e. The average molecular weight is 370 g/mol. The highest BCUT2D eigenvalue weighted by Gasteiger charge is 2.23. The molecule has 1 atom stereocenters. The molecule has 0 aliphatic carbocycles. The Bertz CT molecular complexity index is 791. The molecule has 0 aromatic carbocycles. The molecule has 3 rings (SSSR count). The first-order valence-corrected chi connectivity index (χ1v) is 7.86. The zero-order valence-corrected chi connectivity index (χ0v) is 14.2. The van der Waals surface area contributed by atoms with E-state index >= 15 is 0 Å². The number of aromatic nitrogens is 4. The van der Waals surface area contributed by atoms with Crippen molar-refractivity contribution in [3.05, 3.63) is 39.6 Å². The first-order valence-electron chi connectivity index (χ1n) is 6.54. The van der Waals surface area contributed by atoms with E-state index in [9.17, 15) is 0 Å². The van der Waals surface area contributed by atoms with Crippen molar-refractivity contribution in [2.75, 3.05) is 0 Å². The summed E-state index contributed by atoms with van der Waals surface area (Å²) >= 11 is 9.48. The summed E-state index contributed by atoms with van der Waals surface area (Å²) in [6.07, 6.45) is 1.76. The van der Waals surface area contributed by atoms with Crippen molar-refractivity contribution >= 4 is 38.7 Å². The first kappa shape index (κ1) is 14.5. The fourth-order valence-electron chi connectivity index (χ4n) is 2.72. The van der Waals surface area contributed by atoms with Gasteiger partial charge in [0.15, 0.2) is 5.65 Å². The molecule has 0 saturated carbocycles. The van der Waals surface area contributed by atoms with Crippen molar-refractivity contribution < 1.29 is 4.52 Å². The van der Waals surface area contributed by atoms with Gasteiger partial charge >= 0.3 is 0 Å². The van der Waals surface area contributed by atoms with Crippen molar-refractivity contribution in [3.63, 3.8) is 0 Å². The van der Waals surface area contributed by atoms with Crippen LogP contribution in [0.3, 0.4) is 0 Å². The summed E-state index contributed by atoms with van der Waals surface area (Å²) in [6.45, 7) is 5.93. The number of rotatable bonds is 3. The molecule has 7 heteroatoms. The van der Waals surface area contributed by atoms with E-state index in [2.05, 4.69) is 38.0 Å². The van der Waals surface area contributed by atoms with E-state index in [1.54, 1.807) is 6.20 Å². The van der Waals surface area contributed by atoms with Gasteiger partial charge in [-0.3, -0.25) is 0 Å². The lowest BCUT2D eigenvalue weighted by molar-refractivity contribution is 0.391. The number of halogens is 2. The Labute approximate surface area is 135 Å². The van der Waals surface area contributed by atoms with E-state index in [1.807, 2.05) is 24.5 Å². The van der Waals surface area contributed by atoms with Gasteiger partial charge in [-0.05, 0) is 42.8 Å². The molecular weight excluding hydrogens is 356 g/mol. The van der Waals surface area contributed by atoms with Crippen molar-refractivity contribution in [2.45, 2.75) is 32.7 Å². The van der Waals surface area contributed by atoms with Crippen LogP contribution in [0.2, 0.25) is 0 Å². The maximum atomic E-state index is 6.07. The smallest absolute Gasteiger partial charge is 0.160 e. The quantitative estimate of drug-likeness (QED) is 0.651. The fraction of sp³-hybridized carbons (Fsp3) is 0.357. The number of nitrogens with zero attached hydrogens (tertiary/aromatic N) is 4. The lowest BCUT2D eigenvalue weighted by Crippen LogP contribution is -2.12. The number of hydrogen-bond acceptors (Lipinski definition) is 4. The van der Waals surface area contributed by atoms with Gasteiger partial charge in [0.25, 0.3) is 0 Å². The molecule has 0 radical (unpaired) electrons. The summed E-state index contributed by atoms with van der Waals surface area (Å²) in [7, 11) is 0. The SMILES string of the molecule is Cc1noc(C)c1C(C)n1c(CCl)nc2cc(Br)cnc21. The van der Waals surface area contributed by atoms with Crippen LogP contribution in [-0.2, 0) is 5.88 Å². The molecule has 1 unspecified atom stereocenters. The predicted molar refractivity (Wildman–Crippen MR) is 84.6 cm³/mol. The van der Waals surface area contributed by atoms with Crippen LogP contribution in [0.5, 0.6) is 0 Å². The Morgan fingerprint density at radius 1 is 1.43 bits per heavy atom. The van der Waals surface area contributed by atoms with Gasteiger partial charge in [-0.25, -0.2) is 9.97 Å². The van der Waals surface area contributed by atoms with Crippen LogP contribution in [0.4, 0.5) is 0 Å². The fourth-order valence-corrected chi connectivity index (χ4v) is 3.23. The molecule has 5 nitrogen and oxygen atoms in total. The lowest BCUT2D eigenvalue weighted by atomic mass is 10.1. The van der Waals surface area contributed by atoms with Gasteiger partial charge in [-0.2, -0.15) is 0 Å². The van der Waals surface area contributed by atoms with Gasteiger partial charge in [0.1, 0.15) is 17.1 Å². The minimum atomic E-state index is 0.00340. The van der Waals surface area contributed by atoms with Crippen LogP contribution < -0.4 is 0 Å². The summed E-state index contributed by atoms with van der Waals surface area (Å²) in [5.41, 5.74) is 3.55. The maximum absolute atomic E-state index is 6.07. The van der Waals surface area contributed by atoms with Crippen LogP contribution in [0.25, 0.3) is 11.2 Å². The Morgan fingerprint density at radius 3 is 2.81 bits per heavy atom. The van der Waals surface area contributed by atoms with Crippen LogP contribution >= 0.6 is 27.5 Å². The number of pyridine rings is 1. The second kappa shape index (κ2) is 5.42. The Balaban J connectivity index is 2.23. The van der Waals surface area contributed by atoms with E-state index < -0.39 is 0 Å². The summed E-state index contributed by atoms with van der Waals surface area (Å²) in [6, 6.07) is 1.94. The average Bonchev–Trinajstić information content (AvgIpc) is 2.98. The Morgan fingerprint density at radius 2 is 2.19 bits per heavy atom. The monoisotopic (exact) mass is 368 g/mol. The van der Waals surface area contributed by atoms with Crippen LogP contribution in [0.15, 0.2) is 21.3 Å². The van der Waals surface area contributed by atoms with E-state index in [4.69, 9.17) is 16.1 Å². The van der Waals surface area contributed by atoms with E-state index in [0.717, 1.165) is 38.5 Å². The third-order valence-electron chi connectivity index (χ3n) is 3.58. The number of fused-ring (bicyclic) bond motifs is 1. The topological polar surface area (TPSA) is 56.7 Å². The van der Waals surface area contributed by atoms with E-state index in [-0.39, 0.29) is 6.04 Å². The standard InChI is InChI=1S/C14H14BrClN4O/c1-7-13(9(3)21-19-7)8(2)20-12(5-16)18-11-4-10(15)6-17-14(11)20/h4,6,8H,5H2,1-3H3. The van der Waals surface area contributed by atoms with Crippen molar-refractivity contribution in [1.29, 1.82) is 0 Å². The molecule has 3 aromatic heterocycles. The number of hydrogen-bond donors (Lipinski definition) is 0. The summed E-state index contributed by atoms with van der Waals surface area (Å²) < 4.78 is 8.21. The minimum absolute atomic E-state index is 0.00340. The van der Waals surface area contributed by atoms with Gasteiger partial charge in [-0.1, -0.05) is 5.16 Å². The molecule has 3 aromatic rings. The van der Waals surface area contributed by atoms with Gasteiger partial charge in [-0.15, -0.1) is 11.6 Å². The lowest BCUT2D eigenvalue weighted by Gasteiger charge is -2.16. The van der Waals surface area contributed by atoms with Gasteiger partial charge in [0, 0.05) is 16.2 Å². The molecule has 0 spiro atoms. The highest BCUT2D eigenvalue weighted by molar-refractivity contribution is 9.10. The first-order chi connectivity index (χ1) is 10.0. The summed E-state index contributed by atoms with van der Waals surface area (Å²) in [4.78, 5) is 9.05. The molecule has 21 heavy (non-hydrogen) atoms. The Kier molecular flexibility index (Phi) is 3.75. The second-order valence-electron chi connectivity index (χ2n) is 4.94. The third kappa shape index (κ3) is 2.36. The molecule has 0 aliphatic rings. The Hall–Kier alpha value is -1.40. The van der Waals surface area contributed by atoms with Crippen molar-refractivity contribution in [3.8, 4) is 0 Å². The number of alkyl halides is 1. The molecule has 0 aliphatic heterocycles. The zero-order valence-electron chi connectivity index (χ0n) is 11.9. The highest BCUT2D eigenvalue weighted by atomic mass is 79.9. The highest BCUT2D eigenvalue weighted by Crippen LogP contribution is 2.30. The molecule has 0 fully saturated rings. The summed E-state index contributed by atoms with van der Waals surface area (Å²) in [5, 5.41) is 4.03. The predicted octanol–water partition coefficient (Wildman–Crippen LogP) is 4.15. The second-order valence-corrected chi connectivity index (χ2v) is 6.12. The number of imidazole rings is 1. The van der Waals surface area contributed by atoms with Crippen molar-refractivity contribution in [2.24, 2.45) is 0 Å².